The maximum absolute atomic E-state index is 13.1. The van der Waals surface area contributed by atoms with Crippen molar-refractivity contribution in [3.05, 3.63) is 93.2 Å². The van der Waals surface area contributed by atoms with Gasteiger partial charge in [-0.05, 0) is 49.2 Å². The largest absolute Gasteiger partial charge is 0.497 e. The van der Waals surface area contributed by atoms with Gasteiger partial charge in [0.2, 0.25) is 5.91 Å². The fourth-order valence-electron chi connectivity index (χ4n) is 4.58. The van der Waals surface area contributed by atoms with E-state index < -0.39 is 0 Å². The van der Waals surface area contributed by atoms with E-state index in [0.29, 0.717) is 16.2 Å². The van der Waals surface area contributed by atoms with Crippen LogP contribution < -0.4 is 15.6 Å². The highest BCUT2D eigenvalue weighted by Crippen LogP contribution is 2.35. The molecule has 38 heavy (non-hydrogen) atoms. The monoisotopic (exact) mass is 523 g/mol. The number of thiophene rings is 1. The Bertz CT molecular complexity index is 1740. The lowest BCUT2D eigenvalue weighted by Gasteiger charge is -2.12. The molecule has 5 rings (SSSR count). The van der Waals surface area contributed by atoms with E-state index in [1.807, 2.05) is 73.8 Å². The fraction of sp³-hybridized carbons (Fsp3) is 0.172. The third-order valence-electron chi connectivity index (χ3n) is 6.41. The number of para-hydroxylation sites is 1. The number of carbonyl (C=O) groups excluding carboxylic acids is 1. The number of fused-ring (bicyclic) bond motifs is 1. The number of benzene rings is 2. The third-order valence-corrected chi connectivity index (χ3v) is 7.31. The van der Waals surface area contributed by atoms with E-state index in [2.05, 4.69) is 11.4 Å². The number of aryl methyl sites for hydroxylation is 3. The SMILES string of the molecule is COc1ccc(-c2csc(NC(=O)CCn3c(=O)cc(C)c4c(C)nn(-c5ccccc5)c43)c2C#N)cc1. The highest BCUT2D eigenvalue weighted by Gasteiger charge is 2.19. The molecule has 0 unspecified atom stereocenters. The van der Waals surface area contributed by atoms with Gasteiger partial charge in [-0.1, -0.05) is 30.3 Å². The van der Waals surface area contributed by atoms with Gasteiger partial charge in [0, 0.05) is 35.4 Å². The Morgan fingerprint density at radius 1 is 1.13 bits per heavy atom. The molecule has 9 heteroatoms. The van der Waals surface area contributed by atoms with Crippen molar-refractivity contribution in [2.75, 3.05) is 12.4 Å². The molecule has 3 heterocycles. The van der Waals surface area contributed by atoms with Crippen LogP contribution in [0.1, 0.15) is 23.2 Å². The van der Waals surface area contributed by atoms with Crippen LogP contribution in [0.4, 0.5) is 5.00 Å². The van der Waals surface area contributed by atoms with Gasteiger partial charge in [0.05, 0.1) is 24.1 Å². The minimum Gasteiger partial charge on any atom is -0.497 e. The van der Waals surface area contributed by atoms with Crippen LogP contribution in [-0.2, 0) is 11.3 Å². The van der Waals surface area contributed by atoms with Crippen LogP contribution in [0.15, 0.2) is 70.8 Å². The van der Waals surface area contributed by atoms with Crippen molar-refractivity contribution in [3.8, 4) is 28.6 Å². The number of nitrogens with one attached hydrogen (secondary N) is 1. The maximum Gasteiger partial charge on any atom is 0.252 e. The highest BCUT2D eigenvalue weighted by atomic mass is 32.1. The average molecular weight is 524 g/mol. The van der Waals surface area contributed by atoms with Gasteiger partial charge in [-0.15, -0.1) is 11.3 Å². The molecule has 0 fully saturated rings. The summed E-state index contributed by atoms with van der Waals surface area (Å²) < 4.78 is 8.56. The van der Waals surface area contributed by atoms with E-state index >= 15 is 0 Å². The maximum atomic E-state index is 13.1. The fourth-order valence-corrected chi connectivity index (χ4v) is 5.51. The lowest BCUT2D eigenvalue weighted by molar-refractivity contribution is -0.116. The van der Waals surface area contributed by atoms with E-state index in [0.717, 1.165) is 39.2 Å². The molecular weight excluding hydrogens is 498 g/mol. The number of nitrogens with zero attached hydrogens (tertiary/aromatic N) is 4. The number of methoxy groups -OCH3 is 1. The number of amides is 1. The van der Waals surface area contributed by atoms with Crippen LogP contribution in [0.5, 0.6) is 5.75 Å². The van der Waals surface area contributed by atoms with E-state index in [1.165, 1.54) is 11.3 Å². The van der Waals surface area contributed by atoms with Gasteiger partial charge >= 0.3 is 0 Å². The van der Waals surface area contributed by atoms with Crippen molar-refractivity contribution in [1.29, 1.82) is 5.26 Å². The highest BCUT2D eigenvalue weighted by molar-refractivity contribution is 7.15. The van der Waals surface area contributed by atoms with Crippen LogP contribution in [0.3, 0.4) is 0 Å². The van der Waals surface area contributed by atoms with Crippen LogP contribution >= 0.6 is 11.3 Å². The molecule has 0 saturated heterocycles. The number of pyridine rings is 1. The van der Waals surface area contributed by atoms with Gasteiger partial charge in [-0.25, -0.2) is 4.68 Å². The molecule has 0 bridgehead atoms. The first-order valence-electron chi connectivity index (χ1n) is 12.0. The first-order valence-corrected chi connectivity index (χ1v) is 12.9. The molecule has 0 aliphatic carbocycles. The zero-order chi connectivity index (χ0) is 26.8. The molecule has 0 saturated carbocycles. The second kappa shape index (κ2) is 10.4. The summed E-state index contributed by atoms with van der Waals surface area (Å²) in [6.07, 6.45) is 0.0533. The summed E-state index contributed by atoms with van der Waals surface area (Å²) >= 11 is 1.30. The Morgan fingerprint density at radius 2 is 1.87 bits per heavy atom. The second-order valence-electron chi connectivity index (χ2n) is 8.84. The molecular formula is C29H25N5O3S. The number of nitriles is 1. The summed E-state index contributed by atoms with van der Waals surface area (Å²) in [5, 5.41) is 20.6. The number of ether oxygens (including phenoxy) is 1. The van der Waals surface area contributed by atoms with Gasteiger partial charge in [-0.2, -0.15) is 10.4 Å². The smallest absolute Gasteiger partial charge is 0.252 e. The normalized spacial score (nSPS) is 10.9. The number of hydrogen-bond acceptors (Lipinski definition) is 6. The Balaban J connectivity index is 1.42. The van der Waals surface area contributed by atoms with E-state index in [4.69, 9.17) is 9.84 Å². The third kappa shape index (κ3) is 4.58. The number of rotatable bonds is 7. The molecule has 3 aromatic heterocycles. The minimum atomic E-state index is -0.284. The van der Waals surface area contributed by atoms with Crippen molar-refractivity contribution >= 4 is 33.3 Å². The first kappa shape index (κ1) is 25.0. The summed E-state index contributed by atoms with van der Waals surface area (Å²) in [5.74, 6) is 0.438. The lowest BCUT2D eigenvalue weighted by atomic mass is 10.0. The van der Waals surface area contributed by atoms with Gasteiger partial charge in [0.1, 0.15) is 22.5 Å². The van der Waals surface area contributed by atoms with Crippen LogP contribution in [-0.4, -0.2) is 27.4 Å². The van der Waals surface area contributed by atoms with Crippen LogP contribution in [0.2, 0.25) is 0 Å². The molecule has 0 aliphatic rings. The molecule has 0 atom stereocenters. The van der Waals surface area contributed by atoms with E-state index in [1.54, 1.807) is 22.4 Å². The van der Waals surface area contributed by atoms with E-state index in [9.17, 15) is 14.9 Å². The molecule has 2 aromatic carbocycles. The number of anilines is 1. The Labute approximate surface area is 223 Å². The van der Waals surface area contributed by atoms with Crippen molar-refractivity contribution in [2.45, 2.75) is 26.8 Å². The van der Waals surface area contributed by atoms with Gasteiger partial charge < -0.3 is 10.1 Å². The van der Waals surface area contributed by atoms with Gasteiger partial charge in [-0.3, -0.25) is 14.2 Å². The second-order valence-corrected chi connectivity index (χ2v) is 9.72. The molecule has 0 radical (unpaired) electrons. The first-order chi connectivity index (χ1) is 18.4. The molecule has 0 aliphatic heterocycles. The van der Waals surface area contributed by atoms with Crippen molar-refractivity contribution in [1.82, 2.24) is 14.3 Å². The summed E-state index contributed by atoms with van der Waals surface area (Å²) in [5.41, 5.74) is 4.94. The lowest BCUT2D eigenvalue weighted by Crippen LogP contribution is -2.25. The molecule has 0 spiro atoms. The summed E-state index contributed by atoms with van der Waals surface area (Å²) in [7, 11) is 1.60. The molecule has 5 aromatic rings. The summed E-state index contributed by atoms with van der Waals surface area (Å²) in [6, 6.07) is 20.8. The standard InChI is InChI=1S/C29H25N5O3S/c1-18-15-26(36)33(29-27(18)19(2)32-34(29)21-7-5-4-6-8-21)14-13-25(35)31-28-23(16-30)24(17-38-28)20-9-11-22(37-3)12-10-20/h4-12,15,17H,13-14H2,1-3H3,(H,31,35). The topological polar surface area (TPSA) is 102 Å². The zero-order valence-corrected chi connectivity index (χ0v) is 22.0. The van der Waals surface area contributed by atoms with Crippen LogP contribution in [0.25, 0.3) is 27.8 Å². The quantitative estimate of drug-likeness (QED) is 0.306. The van der Waals surface area contributed by atoms with Crippen molar-refractivity contribution in [2.24, 2.45) is 0 Å². The van der Waals surface area contributed by atoms with Crippen molar-refractivity contribution in [3.63, 3.8) is 0 Å². The molecule has 1 N–H and O–H groups in total. The Hall–Kier alpha value is -4.68. The number of hydrogen-bond donors (Lipinski definition) is 1. The van der Waals surface area contributed by atoms with Crippen molar-refractivity contribution < 1.29 is 9.53 Å². The minimum absolute atomic E-state index is 0.0533. The predicted octanol–water partition coefficient (Wildman–Crippen LogP) is 5.44. The Kier molecular flexibility index (Phi) is 6.81. The van der Waals surface area contributed by atoms with E-state index in [-0.39, 0.29) is 24.4 Å². The molecule has 8 nitrogen and oxygen atoms in total. The predicted molar refractivity (Wildman–Crippen MR) is 149 cm³/mol. The average Bonchev–Trinajstić information content (AvgIpc) is 3.49. The zero-order valence-electron chi connectivity index (χ0n) is 21.2. The summed E-state index contributed by atoms with van der Waals surface area (Å²) in [6.45, 7) is 3.97. The van der Waals surface area contributed by atoms with Gasteiger partial charge in [0.25, 0.3) is 5.56 Å². The Morgan fingerprint density at radius 3 is 2.55 bits per heavy atom. The van der Waals surface area contributed by atoms with Crippen LogP contribution in [0, 0.1) is 25.2 Å². The number of carbonyl (C=O) groups is 1. The van der Waals surface area contributed by atoms with Gasteiger partial charge in [0.15, 0.2) is 0 Å². The molecule has 190 valence electrons. The summed E-state index contributed by atoms with van der Waals surface area (Å²) in [4.78, 5) is 26.1. The number of aromatic nitrogens is 3. The molecule has 1 amide bonds.